The molecule has 0 radical (unpaired) electrons. The van der Waals surface area contributed by atoms with Crippen LogP contribution < -0.4 is 15.4 Å². The molecule has 0 saturated carbocycles. The third kappa shape index (κ3) is 2.70. The van der Waals surface area contributed by atoms with Crippen LogP contribution in [-0.2, 0) is 5.60 Å². The second kappa shape index (κ2) is 5.88. The van der Waals surface area contributed by atoms with Crippen molar-refractivity contribution < 1.29 is 9.84 Å². The molecule has 0 spiro atoms. The first-order valence-corrected chi connectivity index (χ1v) is 8.75. The molecule has 2 atom stereocenters. The first-order chi connectivity index (χ1) is 12.0. The van der Waals surface area contributed by atoms with Crippen LogP contribution in [0, 0.1) is 6.92 Å². The second-order valence-corrected chi connectivity index (χ2v) is 7.16. The zero-order valence-electron chi connectivity index (χ0n) is 14.6. The molecule has 2 aliphatic heterocycles. The van der Waals surface area contributed by atoms with Gasteiger partial charge in [0.15, 0.2) is 0 Å². The maximum absolute atomic E-state index is 11.4. The lowest BCUT2D eigenvalue weighted by Gasteiger charge is -2.45. The summed E-state index contributed by atoms with van der Waals surface area (Å²) in [4.78, 5) is 10.9. The fourth-order valence-corrected chi connectivity index (χ4v) is 4.55. The van der Waals surface area contributed by atoms with E-state index in [0.29, 0.717) is 18.8 Å². The Morgan fingerprint density at radius 1 is 1.20 bits per heavy atom. The zero-order chi connectivity index (χ0) is 17.6. The second-order valence-electron chi connectivity index (χ2n) is 7.16. The normalized spacial score (nSPS) is 28.2. The minimum absolute atomic E-state index is 0.238. The van der Waals surface area contributed by atoms with Gasteiger partial charge in [0.1, 0.15) is 11.6 Å². The van der Waals surface area contributed by atoms with E-state index in [9.17, 15) is 5.11 Å². The molecule has 6 heteroatoms. The summed E-state index contributed by atoms with van der Waals surface area (Å²) in [5.74, 6) is 1.93. The number of fused-ring (bicyclic) bond motifs is 2. The van der Waals surface area contributed by atoms with Crippen LogP contribution >= 0.6 is 0 Å². The molecule has 3 N–H and O–H groups in total. The topological polar surface area (TPSA) is 84.5 Å². The molecule has 132 valence electrons. The minimum atomic E-state index is -0.872. The van der Waals surface area contributed by atoms with Gasteiger partial charge in [-0.15, -0.1) is 0 Å². The Morgan fingerprint density at radius 3 is 2.52 bits per heavy atom. The van der Waals surface area contributed by atoms with Crippen molar-refractivity contribution >= 4 is 11.8 Å². The van der Waals surface area contributed by atoms with E-state index in [1.807, 2.05) is 37.3 Å². The van der Waals surface area contributed by atoms with Gasteiger partial charge in [-0.3, -0.25) is 0 Å². The summed E-state index contributed by atoms with van der Waals surface area (Å²) in [5, 5.41) is 11.4. The highest BCUT2D eigenvalue weighted by molar-refractivity contribution is 5.49. The highest BCUT2D eigenvalue weighted by Crippen LogP contribution is 2.48. The number of rotatable bonds is 3. The summed E-state index contributed by atoms with van der Waals surface area (Å²) < 4.78 is 5.49. The average Bonchev–Trinajstić information content (AvgIpc) is 2.86. The zero-order valence-corrected chi connectivity index (χ0v) is 14.6. The molecule has 25 heavy (non-hydrogen) atoms. The van der Waals surface area contributed by atoms with E-state index in [2.05, 4.69) is 14.9 Å². The van der Waals surface area contributed by atoms with Crippen molar-refractivity contribution in [3.8, 4) is 5.75 Å². The van der Waals surface area contributed by atoms with Gasteiger partial charge in [-0.05, 0) is 25.8 Å². The lowest BCUT2D eigenvalue weighted by molar-refractivity contribution is -0.00507. The van der Waals surface area contributed by atoms with Gasteiger partial charge in [-0.25, -0.2) is 4.98 Å². The molecule has 2 fully saturated rings. The highest BCUT2D eigenvalue weighted by Gasteiger charge is 2.49. The number of hydrogen-bond donors (Lipinski definition) is 2. The number of anilines is 2. The van der Waals surface area contributed by atoms with Crippen molar-refractivity contribution in [2.24, 2.45) is 0 Å². The molecule has 0 aliphatic carbocycles. The quantitative estimate of drug-likeness (QED) is 0.892. The van der Waals surface area contributed by atoms with Crippen molar-refractivity contribution in [3.63, 3.8) is 0 Å². The monoisotopic (exact) mass is 340 g/mol. The minimum Gasteiger partial charge on any atom is -0.496 e. The Kier molecular flexibility index (Phi) is 3.80. The number of hydrogen-bond acceptors (Lipinski definition) is 6. The van der Waals surface area contributed by atoms with Crippen LogP contribution in [0.4, 0.5) is 11.8 Å². The van der Waals surface area contributed by atoms with Crippen molar-refractivity contribution in [3.05, 3.63) is 41.6 Å². The SMILES string of the molecule is COc1ccccc1C1(O)CC2CCC(C1)N2c1cc(C)nc(N)n1. The Hall–Kier alpha value is -2.34. The number of aliphatic hydroxyl groups is 1. The van der Waals surface area contributed by atoms with Crippen LogP contribution in [0.15, 0.2) is 30.3 Å². The number of nitrogens with zero attached hydrogens (tertiary/aromatic N) is 3. The van der Waals surface area contributed by atoms with Gasteiger partial charge < -0.3 is 20.5 Å². The Labute approximate surface area is 147 Å². The van der Waals surface area contributed by atoms with E-state index in [0.717, 1.165) is 35.7 Å². The molecule has 1 aromatic heterocycles. The summed E-state index contributed by atoms with van der Waals surface area (Å²) in [5.41, 5.74) is 6.72. The number of benzene rings is 1. The Morgan fingerprint density at radius 2 is 1.88 bits per heavy atom. The molecule has 6 nitrogen and oxygen atoms in total. The van der Waals surface area contributed by atoms with Crippen molar-refractivity contribution in [1.29, 1.82) is 0 Å². The van der Waals surface area contributed by atoms with E-state index in [1.165, 1.54) is 0 Å². The maximum atomic E-state index is 11.4. The molecule has 2 unspecified atom stereocenters. The number of methoxy groups -OCH3 is 1. The van der Waals surface area contributed by atoms with Crippen LogP contribution in [0.2, 0.25) is 0 Å². The molecule has 0 amide bonds. The van der Waals surface area contributed by atoms with Crippen LogP contribution in [0.25, 0.3) is 0 Å². The fourth-order valence-electron chi connectivity index (χ4n) is 4.55. The third-order valence-electron chi connectivity index (χ3n) is 5.50. The van der Waals surface area contributed by atoms with Gasteiger partial charge in [-0.1, -0.05) is 18.2 Å². The van der Waals surface area contributed by atoms with E-state index < -0.39 is 5.60 Å². The van der Waals surface area contributed by atoms with E-state index in [-0.39, 0.29) is 12.1 Å². The van der Waals surface area contributed by atoms with Crippen LogP contribution in [-0.4, -0.2) is 34.3 Å². The number of aryl methyl sites for hydroxylation is 1. The standard InChI is InChI=1S/C19H24N4O2/c1-12-9-17(22-18(20)21-12)23-13-7-8-14(23)11-19(24,10-13)15-5-3-4-6-16(15)25-2/h3-6,9,13-14,24H,7-8,10-11H2,1-2H3,(H2,20,21,22). The van der Waals surface area contributed by atoms with Crippen molar-refractivity contribution in [1.82, 2.24) is 9.97 Å². The molecule has 2 saturated heterocycles. The lowest BCUT2D eigenvalue weighted by atomic mass is 9.80. The van der Waals surface area contributed by atoms with Gasteiger partial charge in [0.25, 0.3) is 0 Å². The number of para-hydroxylation sites is 1. The smallest absolute Gasteiger partial charge is 0.222 e. The maximum Gasteiger partial charge on any atom is 0.222 e. The molecule has 2 aromatic rings. The van der Waals surface area contributed by atoms with Gasteiger partial charge in [0.05, 0.1) is 12.7 Å². The predicted molar refractivity (Wildman–Crippen MR) is 96.6 cm³/mol. The van der Waals surface area contributed by atoms with E-state index >= 15 is 0 Å². The molecule has 2 aliphatic rings. The highest BCUT2D eigenvalue weighted by atomic mass is 16.5. The largest absolute Gasteiger partial charge is 0.496 e. The number of aromatic nitrogens is 2. The first kappa shape index (κ1) is 16.1. The predicted octanol–water partition coefficient (Wildman–Crippen LogP) is 2.39. The molecule has 2 bridgehead atoms. The Balaban J connectivity index is 1.67. The molecule has 4 rings (SSSR count). The number of piperidine rings is 1. The number of nitrogen functional groups attached to an aromatic ring is 1. The average molecular weight is 340 g/mol. The van der Waals surface area contributed by atoms with Gasteiger partial charge in [-0.2, -0.15) is 4.98 Å². The van der Waals surface area contributed by atoms with Gasteiger partial charge in [0.2, 0.25) is 5.95 Å². The van der Waals surface area contributed by atoms with Crippen LogP contribution in [0.1, 0.15) is 36.9 Å². The molecule has 3 heterocycles. The molecule has 1 aromatic carbocycles. The van der Waals surface area contributed by atoms with E-state index in [4.69, 9.17) is 10.5 Å². The van der Waals surface area contributed by atoms with Crippen LogP contribution in [0.3, 0.4) is 0 Å². The van der Waals surface area contributed by atoms with E-state index in [1.54, 1.807) is 7.11 Å². The summed E-state index contributed by atoms with van der Waals surface area (Å²) in [6.45, 7) is 1.93. The summed E-state index contributed by atoms with van der Waals surface area (Å²) in [7, 11) is 1.65. The fraction of sp³-hybridized carbons (Fsp3) is 0.474. The van der Waals surface area contributed by atoms with Gasteiger partial charge >= 0.3 is 0 Å². The Bertz CT molecular complexity index is 760. The number of nitrogens with two attached hydrogens (primary N) is 1. The summed E-state index contributed by atoms with van der Waals surface area (Å²) in [6, 6.07) is 10.2. The van der Waals surface area contributed by atoms with Crippen molar-refractivity contribution in [2.45, 2.75) is 50.3 Å². The molecular weight excluding hydrogens is 316 g/mol. The van der Waals surface area contributed by atoms with Gasteiger partial charge in [0, 0.05) is 42.2 Å². The summed E-state index contributed by atoms with van der Waals surface area (Å²) >= 11 is 0. The lowest BCUT2D eigenvalue weighted by Crippen LogP contribution is -2.50. The van der Waals surface area contributed by atoms with Crippen molar-refractivity contribution in [2.75, 3.05) is 17.7 Å². The summed E-state index contributed by atoms with van der Waals surface area (Å²) in [6.07, 6.45) is 3.41. The number of ether oxygens (including phenoxy) is 1. The molecular formula is C19H24N4O2. The third-order valence-corrected chi connectivity index (χ3v) is 5.50. The first-order valence-electron chi connectivity index (χ1n) is 8.75. The van der Waals surface area contributed by atoms with Crippen LogP contribution in [0.5, 0.6) is 5.75 Å².